The van der Waals surface area contributed by atoms with Crippen LogP contribution in [0.15, 0.2) is 46.9 Å². The molecule has 0 fully saturated rings. The molecule has 0 bridgehead atoms. The molecular formula is C21H24BrClN4O3. The van der Waals surface area contributed by atoms with E-state index in [4.69, 9.17) is 11.6 Å². The molecule has 9 heteroatoms. The van der Waals surface area contributed by atoms with E-state index in [0.717, 1.165) is 18.0 Å². The van der Waals surface area contributed by atoms with E-state index in [1.807, 2.05) is 13.8 Å². The van der Waals surface area contributed by atoms with Gasteiger partial charge in [-0.25, -0.2) is 4.79 Å². The van der Waals surface area contributed by atoms with Gasteiger partial charge in [-0.3, -0.25) is 9.69 Å². The van der Waals surface area contributed by atoms with Crippen molar-refractivity contribution in [1.82, 2.24) is 10.2 Å². The van der Waals surface area contributed by atoms with Crippen molar-refractivity contribution in [2.75, 3.05) is 36.4 Å². The number of aliphatic hydroxyl groups is 1. The van der Waals surface area contributed by atoms with Gasteiger partial charge in [-0.2, -0.15) is 0 Å². The van der Waals surface area contributed by atoms with Gasteiger partial charge in [0.05, 0.1) is 5.69 Å². The Labute approximate surface area is 189 Å². The van der Waals surface area contributed by atoms with E-state index in [9.17, 15) is 14.7 Å². The van der Waals surface area contributed by atoms with E-state index >= 15 is 0 Å². The standard InChI is InChI=1S/C21H24BrClN4O3/c1-3-26(4-2)12-11-24-19(28)21(30)17-13-14(22)5-10-18(17)25-20(29)27(21)16-8-6-15(23)7-9-16/h5-10,13,30H,3-4,11-12H2,1-2H3,(H,24,28)(H,25,29)/t21-/m0/s1. The van der Waals surface area contributed by atoms with E-state index in [-0.39, 0.29) is 5.56 Å². The van der Waals surface area contributed by atoms with Gasteiger partial charge in [0.15, 0.2) is 0 Å². The van der Waals surface area contributed by atoms with Gasteiger partial charge in [0.2, 0.25) is 0 Å². The van der Waals surface area contributed by atoms with Gasteiger partial charge in [-0.1, -0.05) is 41.4 Å². The lowest BCUT2D eigenvalue weighted by molar-refractivity contribution is -0.140. The van der Waals surface area contributed by atoms with E-state index in [0.29, 0.717) is 34.0 Å². The van der Waals surface area contributed by atoms with Crippen LogP contribution in [-0.4, -0.2) is 48.1 Å². The molecule has 30 heavy (non-hydrogen) atoms. The van der Waals surface area contributed by atoms with Crippen LogP contribution in [0.3, 0.4) is 0 Å². The summed E-state index contributed by atoms with van der Waals surface area (Å²) in [5.41, 5.74) is -1.26. The minimum Gasteiger partial charge on any atom is -0.359 e. The van der Waals surface area contributed by atoms with Gasteiger partial charge in [0.1, 0.15) is 0 Å². The van der Waals surface area contributed by atoms with Crippen LogP contribution in [0.5, 0.6) is 0 Å². The molecular weight excluding hydrogens is 472 g/mol. The molecule has 0 aliphatic carbocycles. The summed E-state index contributed by atoms with van der Waals surface area (Å²) in [6.45, 7) is 6.76. The number of benzene rings is 2. The van der Waals surface area contributed by atoms with Crippen LogP contribution in [0.25, 0.3) is 0 Å². The van der Waals surface area contributed by atoms with Crippen molar-refractivity contribution in [3.05, 3.63) is 57.5 Å². The van der Waals surface area contributed by atoms with E-state index in [1.54, 1.807) is 42.5 Å². The lowest BCUT2D eigenvalue weighted by Crippen LogP contribution is -2.63. The molecule has 0 aromatic heterocycles. The molecule has 3 rings (SSSR count). The lowest BCUT2D eigenvalue weighted by Gasteiger charge is -2.42. The average molecular weight is 496 g/mol. The highest BCUT2D eigenvalue weighted by Gasteiger charge is 2.52. The van der Waals surface area contributed by atoms with Crippen LogP contribution in [0.2, 0.25) is 5.02 Å². The summed E-state index contributed by atoms with van der Waals surface area (Å²) in [6, 6.07) is 10.7. The second kappa shape index (κ2) is 9.34. The van der Waals surface area contributed by atoms with Crippen molar-refractivity contribution >= 4 is 50.8 Å². The summed E-state index contributed by atoms with van der Waals surface area (Å²) in [7, 11) is 0. The number of urea groups is 1. The lowest BCUT2D eigenvalue weighted by atomic mass is 9.95. The molecule has 2 aromatic carbocycles. The first-order chi connectivity index (χ1) is 14.3. The zero-order valence-corrected chi connectivity index (χ0v) is 19.1. The van der Waals surface area contributed by atoms with Gasteiger partial charge in [0, 0.05) is 33.8 Å². The van der Waals surface area contributed by atoms with Crippen LogP contribution in [0, 0.1) is 0 Å². The van der Waals surface area contributed by atoms with Crippen LogP contribution in [0.4, 0.5) is 16.2 Å². The third-order valence-corrected chi connectivity index (χ3v) is 5.88. The average Bonchev–Trinajstić information content (AvgIpc) is 2.73. The molecule has 0 radical (unpaired) electrons. The van der Waals surface area contributed by atoms with E-state index in [1.165, 1.54) is 0 Å². The summed E-state index contributed by atoms with van der Waals surface area (Å²) in [4.78, 5) is 29.4. The first kappa shape index (κ1) is 22.6. The van der Waals surface area contributed by atoms with Crippen molar-refractivity contribution in [2.45, 2.75) is 19.6 Å². The Morgan fingerprint density at radius 2 is 1.90 bits per heavy atom. The number of carbonyl (C=O) groups excluding carboxylic acids is 2. The smallest absolute Gasteiger partial charge is 0.329 e. The number of anilines is 2. The number of fused-ring (bicyclic) bond motifs is 1. The number of amides is 3. The Morgan fingerprint density at radius 1 is 1.23 bits per heavy atom. The fraction of sp³-hybridized carbons (Fsp3) is 0.333. The Morgan fingerprint density at radius 3 is 2.53 bits per heavy atom. The number of hydrogen-bond donors (Lipinski definition) is 3. The summed E-state index contributed by atoms with van der Waals surface area (Å²) < 4.78 is 0.669. The molecule has 1 heterocycles. The number of nitrogens with one attached hydrogen (secondary N) is 2. The molecule has 1 atom stereocenters. The van der Waals surface area contributed by atoms with Gasteiger partial charge < -0.3 is 20.6 Å². The maximum Gasteiger partial charge on any atom is 0.329 e. The number of halogens is 2. The van der Waals surface area contributed by atoms with Crippen molar-refractivity contribution in [3.63, 3.8) is 0 Å². The predicted molar refractivity (Wildman–Crippen MR) is 122 cm³/mol. The molecule has 7 nitrogen and oxygen atoms in total. The zero-order chi connectivity index (χ0) is 21.9. The predicted octanol–water partition coefficient (Wildman–Crippen LogP) is 3.76. The molecule has 1 aliphatic heterocycles. The maximum atomic E-state index is 13.3. The molecule has 160 valence electrons. The fourth-order valence-corrected chi connectivity index (χ4v) is 3.95. The number of nitrogens with zero attached hydrogens (tertiary/aromatic N) is 2. The molecule has 0 saturated heterocycles. The summed E-state index contributed by atoms with van der Waals surface area (Å²) in [5.74, 6) is -0.682. The van der Waals surface area contributed by atoms with Gasteiger partial charge in [-0.05, 0) is 55.6 Å². The molecule has 0 saturated carbocycles. The minimum absolute atomic E-state index is 0.270. The van der Waals surface area contributed by atoms with Crippen molar-refractivity contribution in [1.29, 1.82) is 0 Å². The zero-order valence-electron chi connectivity index (χ0n) is 16.8. The van der Waals surface area contributed by atoms with Gasteiger partial charge in [0.25, 0.3) is 11.6 Å². The summed E-state index contributed by atoms with van der Waals surface area (Å²) >= 11 is 9.36. The third-order valence-electron chi connectivity index (χ3n) is 5.13. The van der Waals surface area contributed by atoms with Gasteiger partial charge in [-0.15, -0.1) is 0 Å². The number of rotatable bonds is 7. The summed E-state index contributed by atoms with van der Waals surface area (Å²) in [6.07, 6.45) is 0. The van der Waals surface area contributed by atoms with Crippen LogP contribution >= 0.6 is 27.5 Å². The normalized spacial score (nSPS) is 18.2. The number of hydrogen-bond acceptors (Lipinski definition) is 4. The second-order valence-corrected chi connectivity index (χ2v) is 8.24. The molecule has 3 amide bonds. The van der Waals surface area contributed by atoms with Crippen molar-refractivity contribution < 1.29 is 14.7 Å². The van der Waals surface area contributed by atoms with E-state index in [2.05, 4.69) is 31.5 Å². The molecule has 0 unspecified atom stereocenters. The largest absolute Gasteiger partial charge is 0.359 e. The molecule has 2 aromatic rings. The Balaban J connectivity index is 2.02. The summed E-state index contributed by atoms with van der Waals surface area (Å²) in [5, 5.41) is 17.7. The minimum atomic E-state index is -2.24. The molecule has 3 N–H and O–H groups in total. The first-order valence-electron chi connectivity index (χ1n) is 9.71. The topological polar surface area (TPSA) is 84.9 Å². The molecule has 0 spiro atoms. The molecule has 1 aliphatic rings. The fourth-order valence-electron chi connectivity index (χ4n) is 3.46. The highest BCUT2D eigenvalue weighted by Crippen LogP contribution is 2.41. The highest BCUT2D eigenvalue weighted by molar-refractivity contribution is 9.10. The number of likely N-dealkylation sites (N-methyl/N-ethyl adjacent to an activating group) is 1. The van der Waals surface area contributed by atoms with Crippen LogP contribution in [-0.2, 0) is 10.5 Å². The Kier molecular flexibility index (Phi) is 7.02. The van der Waals surface area contributed by atoms with Crippen LogP contribution < -0.4 is 15.5 Å². The highest BCUT2D eigenvalue weighted by atomic mass is 79.9. The SMILES string of the molecule is CCN(CC)CCNC(=O)[C@@]1(O)c2cc(Br)ccc2NC(=O)N1c1ccc(Cl)cc1. The quantitative estimate of drug-likeness (QED) is 0.546. The third kappa shape index (κ3) is 4.32. The second-order valence-electron chi connectivity index (χ2n) is 6.89. The first-order valence-corrected chi connectivity index (χ1v) is 10.9. The number of carbonyl (C=O) groups is 2. The van der Waals surface area contributed by atoms with Crippen LogP contribution in [0.1, 0.15) is 19.4 Å². The van der Waals surface area contributed by atoms with Crippen molar-refractivity contribution in [3.8, 4) is 0 Å². The van der Waals surface area contributed by atoms with Gasteiger partial charge >= 0.3 is 6.03 Å². The Bertz CT molecular complexity index is 936. The Hall–Kier alpha value is -2.13. The van der Waals surface area contributed by atoms with Crippen molar-refractivity contribution in [2.24, 2.45) is 0 Å². The van der Waals surface area contributed by atoms with E-state index < -0.39 is 17.7 Å². The monoisotopic (exact) mass is 494 g/mol. The maximum absolute atomic E-state index is 13.3.